The molecule has 0 spiro atoms. The van der Waals surface area contributed by atoms with E-state index >= 15 is 0 Å². The molecule has 1 saturated carbocycles. The summed E-state index contributed by atoms with van der Waals surface area (Å²) < 4.78 is 31.2. The first-order valence-electron chi connectivity index (χ1n) is 6.09. The molecular formula is C11H24N2O3S. The fourth-order valence-electron chi connectivity index (χ4n) is 1.72. The van der Waals surface area contributed by atoms with Crippen LogP contribution in [0.3, 0.4) is 0 Å². The topological polar surface area (TPSA) is 67.4 Å². The van der Waals surface area contributed by atoms with Crippen LogP contribution in [-0.4, -0.2) is 46.0 Å². The van der Waals surface area contributed by atoms with Gasteiger partial charge in [-0.3, -0.25) is 0 Å². The van der Waals surface area contributed by atoms with Gasteiger partial charge in [-0.2, -0.15) is 0 Å². The van der Waals surface area contributed by atoms with Crippen molar-refractivity contribution in [3.63, 3.8) is 0 Å². The zero-order chi connectivity index (χ0) is 12.9. The Morgan fingerprint density at radius 3 is 2.53 bits per heavy atom. The van der Waals surface area contributed by atoms with Crippen molar-refractivity contribution in [1.29, 1.82) is 0 Å². The van der Waals surface area contributed by atoms with Crippen LogP contribution < -0.4 is 10.0 Å². The second kappa shape index (κ2) is 6.13. The summed E-state index contributed by atoms with van der Waals surface area (Å²) in [5, 5.41) is 3.30. The molecule has 5 nitrogen and oxygen atoms in total. The summed E-state index contributed by atoms with van der Waals surface area (Å²) in [6, 6.07) is 0.635. The molecule has 0 heterocycles. The zero-order valence-electron chi connectivity index (χ0n) is 11.0. The van der Waals surface area contributed by atoms with Crippen molar-refractivity contribution in [2.45, 2.75) is 44.7 Å². The third-order valence-electron chi connectivity index (χ3n) is 2.54. The molecule has 0 atom stereocenters. The lowest BCUT2D eigenvalue weighted by Crippen LogP contribution is -2.47. The maximum absolute atomic E-state index is 11.8. The number of hydrogen-bond donors (Lipinski definition) is 2. The number of hydrogen-bond acceptors (Lipinski definition) is 4. The summed E-state index contributed by atoms with van der Waals surface area (Å²) >= 11 is 0. The lowest BCUT2D eigenvalue weighted by molar-refractivity contribution is 0.141. The number of ether oxygens (including phenoxy) is 1. The van der Waals surface area contributed by atoms with Gasteiger partial charge in [-0.25, -0.2) is 13.1 Å². The predicted octanol–water partition coefficient (Wildman–Crippen LogP) is 0.473. The van der Waals surface area contributed by atoms with Crippen molar-refractivity contribution in [3.05, 3.63) is 0 Å². The summed E-state index contributed by atoms with van der Waals surface area (Å²) in [7, 11) is -1.64. The molecule has 102 valence electrons. The van der Waals surface area contributed by atoms with Crippen molar-refractivity contribution in [2.75, 3.05) is 26.0 Å². The Labute approximate surface area is 104 Å². The zero-order valence-corrected chi connectivity index (χ0v) is 11.8. The minimum atomic E-state index is -3.21. The molecule has 0 aliphatic heterocycles. The minimum Gasteiger partial charge on any atom is -0.383 e. The first-order chi connectivity index (χ1) is 7.85. The van der Waals surface area contributed by atoms with E-state index in [4.69, 9.17) is 4.74 Å². The lowest BCUT2D eigenvalue weighted by atomic mass is 10.1. The van der Waals surface area contributed by atoms with E-state index in [0.29, 0.717) is 19.1 Å². The minimum absolute atomic E-state index is 0.167. The second-order valence-electron chi connectivity index (χ2n) is 5.32. The smallest absolute Gasteiger partial charge is 0.212 e. The molecule has 0 aromatic rings. The van der Waals surface area contributed by atoms with Crippen molar-refractivity contribution in [1.82, 2.24) is 10.0 Å². The molecule has 1 aliphatic rings. The molecule has 0 radical (unpaired) electrons. The SMILES string of the molecule is COCC(C)(C)NS(=O)(=O)CCCNC1CC1. The van der Waals surface area contributed by atoms with Crippen LogP contribution in [0.15, 0.2) is 0 Å². The van der Waals surface area contributed by atoms with E-state index in [-0.39, 0.29) is 5.75 Å². The van der Waals surface area contributed by atoms with E-state index in [1.807, 2.05) is 13.8 Å². The summed E-state index contributed by atoms with van der Waals surface area (Å²) in [6.45, 7) is 4.77. The Morgan fingerprint density at radius 1 is 1.35 bits per heavy atom. The van der Waals surface area contributed by atoms with Gasteiger partial charge < -0.3 is 10.1 Å². The van der Waals surface area contributed by atoms with Gasteiger partial charge in [0.2, 0.25) is 10.0 Å². The normalized spacial score (nSPS) is 17.4. The van der Waals surface area contributed by atoms with Crippen LogP contribution >= 0.6 is 0 Å². The fraction of sp³-hybridized carbons (Fsp3) is 1.00. The molecule has 0 aromatic carbocycles. The van der Waals surface area contributed by atoms with Crippen molar-refractivity contribution >= 4 is 10.0 Å². The number of methoxy groups -OCH3 is 1. The maximum Gasteiger partial charge on any atom is 0.212 e. The van der Waals surface area contributed by atoms with Crippen LogP contribution in [0.5, 0.6) is 0 Å². The van der Waals surface area contributed by atoms with Gasteiger partial charge >= 0.3 is 0 Å². The highest BCUT2D eigenvalue weighted by atomic mass is 32.2. The van der Waals surface area contributed by atoms with Crippen LogP contribution in [0, 0.1) is 0 Å². The van der Waals surface area contributed by atoms with E-state index in [1.165, 1.54) is 12.8 Å². The standard InChI is InChI=1S/C11H24N2O3S/c1-11(2,9-16-3)13-17(14,15)8-4-7-12-10-5-6-10/h10,12-13H,4-9H2,1-3H3. The number of rotatable bonds is 9. The number of sulfonamides is 1. The van der Waals surface area contributed by atoms with E-state index in [1.54, 1.807) is 7.11 Å². The van der Waals surface area contributed by atoms with Crippen LogP contribution in [0.2, 0.25) is 0 Å². The van der Waals surface area contributed by atoms with Gasteiger partial charge in [0.25, 0.3) is 0 Å². The molecule has 1 aliphatic carbocycles. The van der Waals surface area contributed by atoms with E-state index in [9.17, 15) is 8.42 Å². The molecule has 1 fully saturated rings. The molecule has 0 unspecified atom stereocenters. The first kappa shape index (κ1) is 14.9. The Kier molecular flexibility index (Phi) is 5.37. The summed E-state index contributed by atoms with van der Waals surface area (Å²) in [6.07, 6.45) is 3.10. The van der Waals surface area contributed by atoms with E-state index in [0.717, 1.165) is 6.54 Å². The molecule has 0 amide bonds. The van der Waals surface area contributed by atoms with Crippen molar-refractivity contribution < 1.29 is 13.2 Å². The summed E-state index contributed by atoms with van der Waals surface area (Å²) in [5.74, 6) is 0.167. The third kappa shape index (κ3) is 6.98. The molecule has 0 aromatic heterocycles. The van der Waals surface area contributed by atoms with E-state index in [2.05, 4.69) is 10.0 Å². The second-order valence-corrected chi connectivity index (χ2v) is 7.16. The molecule has 6 heteroatoms. The quantitative estimate of drug-likeness (QED) is 0.594. The monoisotopic (exact) mass is 264 g/mol. The van der Waals surface area contributed by atoms with E-state index < -0.39 is 15.6 Å². The molecular weight excluding hydrogens is 240 g/mol. The summed E-state index contributed by atoms with van der Waals surface area (Å²) in [5.41, 5.74) is -0.544. The van der Waals surface area contributed by atoms with Gasteiger partial charge in [0.1, 0.15) is 0 Å². The molecule has 1 rings (SSSR count). The van der Waals surface area contributed by atoms with Gasteiger partial charge in [-0.05, 0) is 39.7 Å². The maximum atomic E-state index is 11.8. The van der Waals surface area contributed by atoms with Crippen LogP contribution in [0.25, 0.3) is 0 Å². The van der Waals surface area contributed by atoms with Crippen LogP contribution in [-0.2, 0) is 14.8 Å². The fourth-order valence-corrected chi connectivity index (χ4v) is 3.25. The third-order valence-corrected chi connectivity index (χ3v) is 4.23. The Balaban J connectivity index is 2.23. The highest BCUT2D eigenvalue weighted by Gasteiger charge is 2.25. The van der Waals surface area contributed by atoms with Gasteiger partial charge in [0.05, 0.1) is 17.9 Å². The average molecular weight is 264 g/mol. The van der Waals surface area contributed by atoms with Crippen molar-refractivity contribution in [2.24, 2.45) is 0 Å². The lowest BCUT2D eigenvalue weighted by Gasteiger charge is -2.24. The van der Waals surface area contributed by atoms with Gasteiger partial charge in [0.15, 0.2) is 0 Å². The largest absolute Gasteiger partial charge is 0.383 e. The molecule has 0 saturated heterocycles. The molecule has 17 heavy (non-hydrogen) atoms. The number of nitrogens with one attached hydrogen (secondary N) is 2. The average Bonchev–Trinajstić information content (AvgIpc) is 2.93. The van der Waals surface area contributed by atoms with Crippen molar-refractivity contribution in [3.8, 4) is 0 Å². The highest BCUT2D eigenvalue weighted by Crippen LogP contribution is 2.18. The predicted molar refractivity (Wildman–Crippen MR) is 68.5 cm³/mol. The van der Waals surface area contributed by atoms with Crippen LogP contribution in [0.4, 0.5) is 0 Å². The highest BCUT2D eigenvalue weighted by molar-refractivity contribution is 7.89. The Morgan fingerprint density at radius 2 is 2.00 bits per heavy atom. The van der Waals surface area contributed by atoms with Gasteiger partial charge in [-0.15, -0.1) is 0 Å². The molecule has 0 bridgehead atoms. The van der Waals surface area contributed by atoms with Gasteiger partial charge in [-0.1, -0.05) is 0 Å². The Hall–Kier alpha value is -0.170. The van der Waals surface area contributed by atoms with Gasteiger partial charge in [0, 0.05) is 13.2 Å². The summed E-state index contributed by atoms with van der Waals surface area (Å²) in [4.78, 5) is 0. The first-order valence-corrected chi connectivity index (χ1v) is 7.74. The Bertz CT molecular complexity index is 324. The van der Waals surface area contributed by atoms with Crippen LogP contribution in [0.1, 0.15) is 33.1 Å². The molecule has 2 N–H and O–H groups in total.